The Balaban J connectivity index is 1.97. The summed E-state index contributed by atoms with van der Waals surface area (Å²) in [7, 11) is 1.88. The first-order chi connectivity index (χ1) is 9.56. The Bertz CT molecular complexity index is 568. The summed E-state index contributed by atoms with van der Waals surface area (Å²) in [5, 5.41) is 11.7. The third-order valence-corrected chi connectivity index (χ3v) is 3.17. The fourth-order valence-electron chi connectivity index (χ4n) is 1.67. The van der Waals surface area contributed by atoms with Crippen molar-refractivity contribution < 1.29 is 4.74 Å². The van der Waals surface area contributed by atoms with Gasteiger partial charge in [0.1, 0.15) is 18.7 Å². The molecule has 0 atom stereocenters. The lowest BCUT2D eigenvalue weighted by atomic mass is 10.2. The van der Waals surface area contributed by atoms with E-state index in [1.54, 1.807) is 6.33 Å². The van der Waals surface area contributed by atoms with Crippen LogP contribution in [0.5, 0.6) is 5.75 Å². The van der Waals surface area contributed by atoms with E-state index in [-0.39, 0.29) is 0 Å². The summed E-state index contributed by atoms with van der Waals surface area (Å²) < 4.78 is 7.48. The number of nitrogens with one attached hydrogen (secondary N) is 1. The predicted molar refractivity (Wildman–Crippen MR) is 78.8 cm³/mol. The van der Waals surface area contributed by atoms with Crippen LogP contribution in [0.4, 0.5) is 0 Å². The van der Waals surface area contributed by atoms with Crippen LogP contribution in [0.3, 0.4) is 0 Å². The number of ether oxygens (including phenoxy) is 1. The molecule has 1 N–H and O–H groups in total. The second-order valence-electron chi connectivity index (χ2n) is 4.95. The number of rotatable bonds is 6. The summed E-state index contributed by atoms with van der Waals surface area (Å²) in [4.78, 5) is 0. The van der Waals surface area contributed by atoms with Crippen molar-refractivity contribution in [3.05, 3.63) is 40.9 Å². The smallest absolute Gasteiger partial charge is 0.170 e. The zero-order chi connectivity index (χ0) is 14.5. The highest BCUT2D eigenvalue weighted by Gasteiger charge is 2.06. The first-order valence-electron chi connectivity index (χ1n) is 6.53. The van der Waals surface area contributed by atoms with Crippen molar-refractivity contribution in [2.24, 2.45) is 7.05 Å². The van der Waals surface area contributed by atoms with Crippen LogP contribution in [0, 0.1) is 0 Å². The molecule has 5 nitrogen and oxygen atoms in total. The molecule has 0 aliphatic carbocycles. The van der Waals surface area contributed by atoms with Crippen molar-refractivity contribution in [3.8, 4) is 5.75 Å². The summed E-state index contributed by atoms with van der Waals surface area (Å²) in [6.07, 6.45) is 1.64. The van der Waals surface area contributed by atoms with E-state index in [0.717, 1.165) is 17.9 Å². The molecule has 0 aliphatic heterocycles. The van der Waals surface area contributed by atoms with E-state index in [0.29, 0.717) is 23.4 Å². The molecule has 20 heavy (non-hydrogen) atoms. The molecule has 0 saturated carbocycles. The molecule has 1 heterocycles. The molecule has 0 aliphatic rings. The molecule has 2 rings (SSSR count). The second kappa shape index (κ2) is 6.72. The predicted octanol–water partition coefficient (Wildman–Crippen LogP) is 2.55. The van der Waals surface area contributed by atoms with Crippen LogP contribution >= 0.6 is 11.6 Å². The lowest BCUT2D eigenvalue weighted by Crippen LogP contribution is -2.21. The highest BCUT2D eigenvalue weighted by atomic mass is 35.5. The Morgan fingerprint density at radius 1 is 1.40 bits per heavy atom. The third kappa shape index (κ3) is 3.95. The number of nitrogens with zero attached hydrogens (tertiary/aromatic N) is 3. The van der Waals surface area contributed by atoms with Gasteiger partial charge in [-0.15, -0.1) is 10.2 Å². The second-order valence-corrected chi connectivity index (χ2v) is 5.35. The normalized spacial score (nSPS) is 11.1. The number of aryl methyl sites for hydroxylation is 1. The Morgan fingerprint density at radius 3 is 2.80 bits per heavy atom. The van der Waals surface area contributed by atoms with Gasteiger partial charge in [-0.3, -0.25) is 0 Å². The van der Waals surface area contributed by atoms with Gasteiger partial charge in [0.2, 0.25) is 0 Å². The maximum atomic E-state index is 6.23. The van der Waals surface area contributed by atoms with E-state index in [4.69, 9.17) is 16.3 Å². The van der Waals surface area contributed by atoms with Gasteiger partial charge in [0.25, 0.3) is 0 Å². The molecule has 1 aromatic heterocycles. The van der Waals surface area contributed by atoms with Crippen LogP contribution < -0.4 is 10.1 Å². The molecule has 0 radical (unpaired) electrons. The average Bonchev–Trinajstić information content (AvgIpc) is 2.81. The summed E-state index contributed by atoms with van der Waals surface area (Å²) in [5.74, 6) is 1.41. The Hall–Kier alpha value is -1.59. The molecule has 2 aromatic rings. The largest absolute Gasteiger partial charge is 0.484 e. The van der Waals surface area contributed by atoms with Gasteiger partial charge in [0.05, 0.1) is 5.02 Å². The van der Waals surface area contributed by atoms with Crippen molar-refractivity contribution in [1.82, 2.24) is 20.1 Å². The Morgan fingerprint density at radius 2 is 2.20 bits per heavy atom. The standard InChI is InChI=1S/C14H19ClN4O/c1-10(2)16-7-11-4-5-13(12(15)6-11)20-8-14-18-17-9-19(14)3/h4-6,9-10,16H,7-8H2,1-3H3. The number of aromatic nitrogens is 3. The van der Waals surface area contributed by atoms with Crippen LogP contribution in [0.15, 0.2) is 24.5 Å². The van der Waals surface area contributed by atoms with Crippen molar-refractivity contribution in [1.29, 1.82) is 0 Å². The van der Waals surface area contributed by atoms with Crippen molar-refractivity contribution >= 4 is 11.6 Å². The molecule has 0 bridgehead atoms. The maximum Gasteiger partial charge on any atom is 0.170 e. The Labute approximate surface area is 123 Å². The zero-order valence-corrected chi connectivity index (χ0v) is 12.7. The quantitative estimate of drug-likeness (QED) is 0.889. The molecule has 0 amide bonds. The number of hydrogen-bond donors (Lipinski definition) is 1. The fraction of sp³-hybridized carbons (Fsp3) is 0.429. The molecule has 0 saturated heterocycles. The van der Waals surface area contributed by atoms with Gasteiger partial charge in [-0.05, 0) is 17.7 Å². The summed E-state index contributed by atoms with van der Waals surface area (Å²) in [6, 6.07) is 6.26. The van der Waals surface area contributed by atoms with Gasteiger partial charge in [-0.1, -0.05) is 31.5 Å². The number of halogens is 1. The van der Waals surface area contributed by atoms with Gasteiger partial charge >= 0.3 is 0 Å². The van der Waals surface area contributed by atoms with Gasteiger partial charge in [-0.25, -0.2) is 0 Å². The zero-order valence-electron chi connectivity index (χ0n) is 11.9. The van der Waals surface area contributed by atoms with Crippen molar-refractivity contribution in [2.75, 3.05) is 0 Å². The van der Waals surface area contributed by atoms with Gasteiger partial charge < -0.3 is 14.6 Å². The molecule has 1 aromatic carbocycles. The van der Waals surface area contributed by atoms with Crippen LogP contribution in [-0.2, 0) is 20.2 Å². The number of benzene rings is 1. The monoisotopic (exact) mass is 294 g/mol. The molecular formula is C14H19ClN4O. The molecular weight excluding hydrogens is 276 g/mol. The van der Waals surface area contributed by atoms with E-state index in [1.807, 2.05) is 29.8 Å². The van der Waals surface area contributed by atoms with Gasteiger partial charge in [0, 0.05) is 19.6 Å². The van der Waals surface area contributed by atoms with E-state index in [9.17, 15) is 0 Å². The first-order valence-corrected chi connectivity index (χ1v) is 6.91. The lowest BCUT2D eigenvalue weighted by Gasteiger charge is -2.11. The lowest BCUT2D eigenvalue weighted by molar-refractivity contribution is 0.291. The molecule has 6 heteroatoms. The van der Waals surface area contributed by atoms with Crippen LogP contribution in [0.25, 0.3) is 0 Å². The summed E-state index contributed by atoms with van der Waals surface area (Å²) in [6.45, 7) is 5.36. The Kier molecular flexibility index (Phi) is 4.98. The van der Waals surface area contributed by atoms with Gasteiger partial charge in [0.15, 0.2) is 5.82 Å². The first kappa shape index (κ1) is 14.8. The van der Waals surface area contributed by atoms with E-state index in [2.05, 4.69) is 29.4 Å². The topological polar surface area (TPSA) is 52.0 Å². The summed E-state index contributed by atoms with van der Waals surface area (Å²) in [5.41, 5.74) is 1.13. The minimum absolute atomic E-state index is 0.347. The number of hydrogen-bond acceptors (Lipinski definition) is 4. The highest BCUT2D eigenvalue weighted by Crippen LogP contribution is 2.26. The van der Waals surface area contributed by atoms with Crippen molar-refractivity contribution in [3.63, 3.8) is 0 Å². The minimum atomic E-state index is 0.347. The SMILES string of the molecule is CC(C)NCc1ccc(OCc2nncn2C)c(Cl)c1. The average molecular weight is 295 g/mol. The van der Waals surface area contributed by atoms with E-state index in [1.165, 1.54) is 0 Å². The third-order valence-electron chi connectivity index (χ3n) is 2.87. The van der Waals surface area contributed by atoms with Crippen molar-refractivity contribution in [2.45, 2.75) is 33.0 Å². The van der Waals surface area contributed by atoms with E-state index < -0.39 is 0 Å². The van der Waals surface area contributed by atoms with E-state index >= 15 is 0 Å². The highest BCUT2D eigenvalue weighted by molar-refractivity contribution is 6.32. The van der Waals surface area contributed by atoms with Crippen LogP contribution in [-0.4, -0.2) is 20.8 Å². The molecule has 0 unspecified atom stereocenters. The molecule has 0 spiro atoms. The maximum absolute atomic E-state index is 6.23. The summed E-state index contributed by atoms with van der Waals surface area (Å²) >= 11 is 6.23. The van der Waals surface area contributed by atoms with Gasteiger partial charge in [-0.2, -0.15) is 0 Å². The fourth-order valence-corrected chi connectivity index (χ4v) is 1.93. The van der Waals surface area contributed by atoms with Crippen LogP contribution in [0.1, 0.15) is 25.2 Å². The van der Waals surface area contributed by atoms with Crippen LogP contribution in [0.2, 0.25) is 5.02 Å². The minimum Gasteiger partial charge on any atom is -0.484 e. The molecule has 108 valence electrons. The molecule has 0 fully saturated rings.